The maximum absolute atomic E-state index is 13.6. The summed E-state index contributed by atoms with van der Waals surface area (Å²) in [5, 5.41) is 33.3. The molecule has 0 bridgehead atoms. The number of fused-ring (bicyclic) bond motifs is 1. The maximum atomic E-state index is 13.6. The Bertz CT molecular complexity index is 1450. The molecule has 5 atom stereocenters. The summed E-state index contributed by atoms with van der Waals surface area (Å²) in [6.45, 7) is 2.47. The number of thioether (sulfide) groups is 1. The molecule has 0 saturated carbocycles. The van der Waals surface area contributed by atoms with E-state index in [4.69, 9.17) is 19.5 Å². The number of carbonyl (C=O) groups excluding carboxylic acids is 1. The van der Waals surface area contributed by atoms with Gasteiger partial charge in [-0.15, -0.1) is 0 Å². The summed E-state index contributed by atoms with van der Waals surface area (Å²) in [7, 11) is -4.01. The average Bonchev–Trinajstić information content (AvgIpc) is 3.49. The van der Waals surface area contributed by atoms with E-state index in [0.717, 1.165) is 17.3 Å². The molecule has 0 spiro atoms. The molecule has 3 heterocycles. The first kappa shape index (κ1) is 31.3. The summed E-state index contributed by atoms with van der Waals surface area (Å²) in [6.07, 6.45) is -4.06. The molecule has 0 radical (unpaired) electrons. The fraction of sp³-hybridized carbons (Fsp3) is 0.500. The van der Waals surface area contributed by atoms with Gasteiger partial charge in [-0.05, 0) is 19.4 Å². The normalized spacial score (nSPS) is 22.7. The molecule has 1 aliphatic rings. The van der Waals surface area contributed by atoms with Crippen molar-refractivity contribution in [3.8, 4) is 0 Å². The lowest BCUT2D eigenvalue weighted by Crippen LogP contribution is -2.34. The van der Waals surface area contributed by atoms with Crippen molar-refractivity contribution >= 4 is 41.7 Å². The molecule has 3 aromatic rings. The minimum absolute atomic E-state index is 0.0362. The summed E-state index contributed by atoms with van der Waals surface area (Å²) >= 11 is 0.935. The van der Waals surface area contributed by atoms with Crippen LogP contribution in [0.25, 0.3) is 11.2 Å². The fourth-order valence-corrected chi connectivity index (χ4v) is 6.10. The first-order valence-corrected chi connectivity index (χ1v) is 15.2. The molecule has 1 fully saturated rings. The Hall–Kier alpha value is -2.66. The van der Waals surface area contributed by atoms with Gasteiger partial charge in [0, 0.05) is 12.3 Å². The number of H-pyrrole nitrogens is 1. The summed E-state index contributed by atoms with van der Waals surface area (Å²) in [4.78, 5) is 34.7. The van der Waals surface area contributed by atoms with Crippen LogP contribution in [0, 0.1) is 5.41 Å². The number of anilines is 1. The van der Waals surface area contributed by atoms with Gasteiger partial charge in [0.1, 0.15) is 18.3 Å². The van der Waals surface area contributed by atoms with Gasteiger partial charge < -0.3 is 25.8 Å². The van der Waals surface area contributed by atoms with Crippen LogP contribution in [0.2, 0.25) is 0 Å². The summed E-state index contributed by atoms with van der Waals surface area (Å²) in [5.74, 6) is -0.0193. The van der Waals surface area contributed by atoms with Crippen LogP contribution in [0.3, 0.4) is 0 Å². The topological polar surface area (TPSA) is 224 Å². The molecule has 1 saturated heterocycles. The number of aromatic nitrogens is 4. The second-order valence-electron chi connectivity index (χ2n) is 9.95. The molecule has 4 rings (SSSR count). The third kappa shape index (κ3) is 7.41. The standard InChI is InChI=1S/C24H33N6O9PS/c1-24(2,12-31)22(35)41-9-8-37-40(36,27-10-14-6-4-3-5-7-14)38-11-15-17(32)18(33)21(39-15)30-13-26-16-19(30)28-23(25)29-20(16)34/h3-7,13,15,17-18,21,31-33H,8-12H2,1-2H3,(H,27,36)(H3,25,28,29,34)/t15-,17+,18?,21?,40?/m1/s1. The molecular formula is C24H33N6O9PS. The number of nitrogens with zero attached hydrogens (tertiary/aromatic N) is 3. The van der Waals surface area contributed by atoms with E-state index in [1.807, 2.05) is 30.3 Å². The second-order valence-corrected chi connectivity index (χ2v) is 12.8. The van der Waals surface area contributed by atoms with Crippen LogP contribution in [0.4, 0.5) is 5.95 Å². The summed E-state index contributed by atoms with van der Waals surface area (Å²) in [5.41, 5.74) is 4.93. The largest absolute Gasteiger partial charge is 0.405 e. The van der Waals surface area contributed by atoms with Gasteiger partial charge in [0.05, 0.1) is 31.6 Å². The fourth-order valence-electron chi connectivity index (χ4n) is 3.86. The Balaban J connectivity index is 1.43. The number of hydrogen-bond donors (Lipinski definition) is 6. The van der Waals surface area contributed by atoms with Gasteiger partial charge in [-0.25, -0.2) is 14.6 Å². The number of nitrogen functional groups attached to an aromatic ring is 1. The molecule has 224 valence electrons. The van der Waals surface area contributed by atoms with Crippen LogP contribution in [0.1, 0.15) is 25.6 Å². The van der Waals surface area contributed by atoms with Crippen molar-refractivity contribution in [3.63, 3.8) is 0 Å². The highest BCUT2D eigenvalue weighted by Gasteiger charge is 2.45. The number of imidazole rings is 1. The Morgan fingerprint density at radius 2 is 2.00 bits per heavy atom. The molecule has 41 heavy (non-hydrogen) atoms. The quantitative estimate of drug-likeness (QED) is 0.114. The van der Waals surface area contributed by atoms with Gasteiger partial charge in [-0.2, -0.15) is 4.98 Å². The van der Waals surface area contributed by atoms with E-state index in [1.165, 1.54) is 10.9 Å². The van der Waals surface area contributed by atoms with Crippen molar-refractivity contribution < 1.29 is 38.5 Å². The SMILES string of the molecule is CC(C)(CO)C(=O)SCCOP(=O)(NCc1ccccc1)OC[C@H]1OC(n2cnc3c(=O)[nH]c(N)nc32)C(O)[C@H]1O. The van der Waals surface area contributed by atoms with Gasteiger partial charge in [-0.3, -0.25) is 28.2 Å². The van der Waals surface area contributed by atoms with E-state index in [9.17, 15) is 29.5 Å². The first-order chi connectivity index (χ1) is 19.4. The first-order valence-electron chi connectivity index (χ1n) is 12.6. The Morgan fingerprint density at radius 3 is 2.71 bits per heavy atom. The highest BCUT2D eigenvalue weighted by atomic mass is 32.2. The van der Waals surface area contributed by atoms with Crippen molar-refractivity contribution in [1.29, 1.82) is 0 Å². The zero-order chi connectivity index (χ0) is 29.8. The van der Waals surface area contributed by atoms with E-state index in [-0.39, 0.29) is 47.7 Å². The van der Waals surface area contributed by atoms with Crippen molar-refractivity contribution in [1.82, 2.24) is 24.6 Å². The third-order valence-corrected chi connectivity index (χ3v) is 9.06. The number of nitrogens with two attached hydrogens (primary N) is 1. The lowest BCUT2D eigenvalue weighted by molar-refractivity contribution is -0.119. The smallest absolute Gasteiger partial charge is 0.395 e. The van der Waals surface area contributed by atoms with E-state index < -0.39 is 49.9 Å². The average molecular weight is 613 g/mol. The maximum Gasteiger partial charge on any atom is 0.405 e. The van der Waals surface area contributed by atoms with Crippen LogP contribution in [-0.4, -0.2) is 83.8 Å². The van der Waals surface area contributed by atoms with Crippen LogP contribution < -0.4 is 16.4 Å². The second kappa shape index (κ2) is 13.1. The van der Waals surface area contributed by atoms with Crippen LogP contribution >= 0.6 is 19.5 Å². The molecule has 1 aromatic carbocycles. The molecule has 2 aromatic heterocycles. The number of aromatic amines is 1. The van der Waals surface area contributed by atoms with Crippen molar-refractivity contribution in [2.45, 2.75) is 44.9 Å². The van der Waals surface area contributed by atoms with Gasteiger partial charge in [0.2, 0.25) is 5.95 Å². The zero-order valence-electron chi connectivity index (χ0n) is 22.4. The monoisotopic (exact) mass is 612 g/mol. The molecule has 0 aliphatic carbocycles. The Morgan fingerprint density at radius 1 is 1.27 bits per heavy atom. The van der Waals surface area contributed by atoms with Gasteiger partial charge in [-0.1, -0.05) is 42.1 Å². The number of carbonyl (C=O) groups is 1. The van der Waals surface area contributed by atoms with Crippen LogP contribution in [-0.2, 0) is 29.7 Å². The molecule has 1 aliphatic heterocycles. The predicted octanol–water partition coefficient (Wildman–Crippen LogP) is 0.530. The lowest BCUT2D eigenvalue weighted by Gasteiger charge is -2.23. The van der Waals surface area contributed by atoms with E-state index >= 15 is 0 Å². The third-order valence-electron chi connectivity index (χ3n) is 6.32. The molecule has 17 heteroatoms. The lowest BCUT2D eigenvalue weighted by atomic mass is 9.97. The number of ether oxygens (including phenoxy) is 1. The number of benzene rings is 1. The van der Waals surface area contributed by atoms with Gasteiger partial charge >= 0.3 is 7.75 Å². The number of nitrogens with one attached hydrogen (secondary N) is 2. The highest BCUT2D eigenvalue weighted by molar-refractivity contribution is 8.13. The molecule has 15 nitrogen and oxygen atoms in total. The molecule has 0 amide bonds. The molecule has 7 N–H and O–H groups in total. The van der Waals surface area contributed by atoms with Gasteiger partial charge in [0.25, 0.3) is 5.56 Å². The molecular weight excluding hydrogens is 579 g/mol. The van der Waals surface area contributed by atoms with Crippen molar-refractivity contribution in [3.05, 3.63) is 52.6 Å². The zero-order valence-corrected chi connectivity index (χ0v) is 24.1. The van der Waals surface area contributed by atoms with E-state index in [0.29, 0.717) is 0 Å². The van der Waals surface area contributed by atoms with Crippen molar-refractivity contribution in [2.75, 3.05) is 31.3 Å². The van der Waals surface area contributed by atoms with Gasteiger partial charge in [0.15, 0.2) is 22.5 Å². The van der Waals surface area contributed by atoms with Crippen molar-refractivity contribution in [2.24, 2.45) is 5.41 Å². The Labute approximate surface area is 239 Å². The minimum Gasteiger partial charge on any atom is -0.395 e. The number of aliphatic hydroxyl groups excluding tert-OH is 3. The van der Waals surface area contributed by atoms with E-state index in [2.05, 4.69) is 20.0 Å². The summed E-state index contributed by atoms with van der Waals surface area (Å²) in [6, 6.07) is 9.09. The van der Waals surface area contributed by atoms with Crippen LogP contribution in [0.5, 0.6) is 0 Å². The minimum atomic E-state index is -4.01. The Kier molecular flexibility index (Phi) is 10.00. The number of aliphatic hydroxyl groups is 3. The van der Waals surface area contributed by atoms with Crippen LogP contribution in [0.15, 0.2) is 41.5 Å². The number of hydrogen-bond acceptors (Lipinski definition) is 13. The number of rotatable bonds is 13. The highest BCUT2D eigenvalue weighted by Crippen LogP contribution is 2.45. The predicted molar refractivity (Wildman–Crippen MR) is 150 cm³/mol. The molecule has 3 unspecified atom stereocenters. The van der Waals surface area contributed by atoms with E-state index in [1.54, 1.807) is 13.8 Å². The summed E-state index contributed by atoms with van der Waals surface area (Å²) < 4.78 is 31.9.